The molecule has 0 aromatic heterocycles. The Morgan fingerprint density at radius 1 is 1.00 bits per heavy atom. The number of sulfone groups is 1. The van der Waals surface area contributed by atoms with Gasteiger partial charge < -0.3 is 14.8 Å². The monoisotopic (exact) mass is 425 g/mol. The maximum Gasteiger partial charge on any atom is 0.252 e. The summed E-state index contributed by atoms with van der Waals surface area (Å²) < 4.78 is 34.3. The van der Waals surface area contributed by atoms with Gasteiger partial charge in [-0.1, -0.05) is 42.5 Å². The van der Waals surface area contributed by atoms with Crippen LogP contribution in [0.25, 0.3) is 21.9 Å². The van der Waals surface area contributed by atoms with Gasteiger partial charge >= 0.3 is 0 Å². The van der Waals surface area contributed by atoms with Crippen LogP contribution in [0.3, 0.4) is 0 Å². The number of ether oxygens (including phenoxy) is 2. The van der Waals surface area contributed by atoms with Crippen molar-refractivity contribution in [2.24, 2.45) is 0 Å². The number of hydrogen-bond donors (Lipinski definition) is 1. The first-order valence-corrected chi connectivity index (χ1v) is 11.5. The number of fused-ring (bicyclic) bond motifs is 1. The molecule has 30 heavy (non-hydrogen) atoms. The zero-order valence-electron chi connectivity index (χ0n) is 16.8. The van der Waals surface area contributed by atoms with Crippen molar-refractivity contribution in [2.75, 3.05) is 26.6 Å². The number of carbonyl (C=O) groups excluding carboxylic acids is 1. The Labute approximate surface area is 175 Å². The predicted octanol–water partition coefficient (Wildman–Crippen LogP) is 3.05. The van der Waals surface area contributed by atoms with Crippen LogP contribution in [-0.2, 0) is 19.3 Å². The maximum absolute atomic E-state index is 13.0. The lowest BCUT2D eigenvalue weighted by atomic mass is 9.94. The standard InChI is InChI=1S/C23H23NO5S/c1-28-22-14-29-13-21(22)24-23(25)20-12-11-17(18-5-3-4-6-19(18)20)15-7-9-16(10-8-15)30(2,26)27/h3-12,21-22H,13-14H2,1-2H3,(H,24,25)/t21-,22+/m0/s1. The first kappa shape index (κ1) is 20.5. The fourth-order valence-electron chi connectivity index (χ4n) is 3.78. The zero-order valence-corrected chi connectivity index (χ0v) is 17.6. The van der Waals surface area contributed by atoms with Crippen LogP contribution in [-0.4, -0.2) is 53.1 Å². The van der Waals surface area contributed by atoms with Gasteiger partial charge in [0, 0.05) is 18.9 Å². The summed E-state index contributed by atoms with van der Waals surface area (Å²) in [5, 5.41) is 4.76. The van der Waals surface area contributed by atoms with Crippen LogP contribution in [0.15, 0.2) is 65.6 Å². The third-order valence-corrected chi connectivity index (χ3v) is 6.54. The minimum atomic E-state index is -3.25. The van der Waals surface area contributed by atoms with Crippen LogP contribution in [0.5, 0.6) is 0 Å². The van der Waals surface area contributed by atoms with Gasteiger partial charge in [0.05, 0.1) is 24.2 Å². The highest BCUT2D eigenvalue weighted by Crippen LogP contribution is 2.31. The highest BCUT2D eigenvalue weighted by molar-refractivity contribution is 7.90. The molecule has 6 nitrogen and oxygen atoms in total. The molecule has 3 aromatic rings. The number of carbonyl (C=O) groups is 1. The number of benzene rings is 3. The van der Waals surface area contributed by atoms with Crippen LogP contribution < -0.4 is 5.32 Å². The molecule has 7 heteroatoms. The molecule has 1 fully saturated rings. The maximum atomic E-state index is 13.0. The molecule has 156 valence electrons. The van der Waals surface area contributed by atoms with Crippen molar-refractivity contribution in [1.29, 1.82) is 0 Å². The Morgan fingerprint density at radius 2 is 1.70 bits per heavy atom. The number of methoxy groups -OCH3 is 1. The van der Waals surface area contributed by atoms with E-state index in [-0.39, 0.29) is 22.9 Å². The van der Waals surface area contributed by atoms with E-state index in [1.54, 1.807) is 37.4 Å². The van der Waals surface area contributed by atoms with Crippen molar-refractivity contribution in [3.8, 4) is 11.1 Å². The fraction of sp³-hybridized carbons (Fsp3) is 0.261. The summed E-state index contributed by atoms with van der Waals surface area (Å²) in [6.07, 6.45) is 1.03. The third-order valence-electron chi connectivity index (χ3n) is 5.41. The lowest BCUT2D eigenvalue weighted by Gasteiger charge is -2.19. The van der Waals surface area contributed by atoms with E-state index in [2.05, 4.69) is 5.32 Å². The average Bonchev–Trinajstić information content (AvgIpc) is 3.19. The van der Waals surface area contributed by atoms with Crippen molar-refractivity contribution in [1.82, 2.24) is 5.32 Å². The van der Waals surface area contributed by atoms with E-state index in [0.717, 1.165) is 21.9 Å². The first-order valence-electron chi connectivity index (χ1n) is 9.62. The highest BCUT2D eigenvalue weighted by Gasteiger charge is 2.30. The topological polar surface area (TPSA) is 81.7 Å². The molecule has 4 rings (SSSR count). The molecule has 0 radical (unpaired) electrons. The second-order valence-corrected chi connectivity index (χ2v) is 9.41. The second kappa shape index (κ2) is 8.18. The molecule has 1 amide bonds. The molecule has 0 saturated carbocycles. The van der Waals surface area contributed by atoms with Gasteiger partial charge in [-0.25, -0.2) is 8.42 Å². The Hall–Kier alpha value is -2.74. The van der Waals surface area contributed by atoms with Crippen molar-refractivity contribution in [3.63, 3.8) is 0 Å². The normalized spacial score (nSPS) is 19.1. The first-order chi connectivity index (χ1) is 14.4. The van der Waals surface area contributed by atoms with Crippen LogP contribution in [0.2, 0.25) is 0 Å². The molecular weight excluding hydrogens is 402 g/mol. The minimum Gasteiger partial charge on any atom is -0.377 e. The molecule has 1 heterocycles. The van der Waals surface area contributed by atoms with Crippen LogP contribution >= 0.6 is 0 Å². The van der Waals surface area contributed by atoms with Crippen LogP contribution in [0.1, 0.15) is 10.4 Å². The Balaban J connectivity index is 1.71. The van der Waals surface area contributed by atoms with Crippen LogP contribution in [0.4, 0.5) is 0 Å². The summed E-state index contributed by atoms with van der Waals surface area (Å²) in [5.41, 5.74) is 2.39. The van der Waals surface area contributed by atoms with E-state index in [1.165, 1.54) is 6.26 Å². The van der Waals surface area contributed by atoms with Crippen molar-refractivity contribution in [2.45, 2.75) is 17.0 Å². The Kier molecular flexibility index (Phi) is 5.60. The van der Waals surface area contributed by atoms with Gasteiger partial charge in [-0.3, -0.25) is 4.79 Å². The second-order valence-electron chi connectivity index (χ2n) is 7.39. The zero-order chi connectivity index (χ0) is 21.3. The molecule has 2 atom stereocenters. The highest BCUT2D eigenvalue weighted by atomic mass is 32.2. The molecule has 1 aliphatic heterocycles. The SMILES string of the molecule is CO[C@@H]1COC[C@@H]1NC(=O)c1ccc(-c2ccc(S(C)(=O)=O)cc2)c2ccccc12. The molecule has 0 unspecified atom stereocenters. The number of rotatable bonds is 5. The van der Waals surface area contributed by atoms with Gasteiger partial charge in [0.2, 0.25) is 0 Å². The predicted molar refractivity (Wildman–Crippen MR) is 115 cm³/mol. The fourth-order valence-corrected chi connectivity index (χ4v) is 4.41. The van der Waals surface area contributed by atoms with Crippen molar-refractivity contribution in [3.05, 3.63) is 66.2 Å². The van der Waals surface area contributed by atoms with E-state index in [9.17, 15) is 13.2 Å². The van der Waals surface area contributed by atoms with E-state index < -0.39 is 9.84 Å². The number of amides is 1. The van der Waals surface area contributed by atoms with Gasteiger partial charge in [-0.15, -0.1) is 0 Å². The molecule has 1 saturated heterocycles. The lowest BCUT2D eigenvalue weighted by Crippen LogP contribution is -2.43. The van der Waals surface area contributed by atoms with Gasteiger partial charge in [0.1, 0.15) is 6.10 Å². The molecule has 1 N–H and O–H groups in total. The Bertz CT molecular complexity index is 1190. The van der Waals surface area contributed by atoms with Crippen molar-refractivity contribution < 1.29 is 22.7 Å². The van der Waals surface area contributed by atoms with E-state index in [1.807, 2.05) is 30.3 Å². The van der Waals surface area contributed by atoms with Crippen LogP contribution in [0, 0.1) is 0 Å². The smallest absolute Gasteiger partial charge is 0.252 e. The minimum absolute atomic E-state index is 0.159. The molecular formula is C23H23NO5S. The molecule has 0 aliphatic carbocycles. The van der Waals surface area contributed by atoms with Gasteiger partial charge in [0.25, 0.3) is 5.91 Å². The van der Waals surface area contributed by atoms with Gasteiger partial charge in [0.15, 0.2) is 9.84 Å². The van der Waals surface area contributed by atoms with Gasteiger partial charge in [-0.05, 0) is 40.1 Å². The summed E-state index contributed by atoms with van der Waals surface area (Å²) in [4.78, 5) is 13.3. The molecule has 3 aromatic carbocycles. The summed E-state index contributed by atoms with van der Waals surface area (Å²) in [7, 11) is -1.65. The lowest BCUT2D eigenvalue weighted by molar-refractivity contribution is 0.0686. The summed E-state index contributed by atoms with van der Waals surface area (Å²) in [6.45, 7) is 0.886. The largest absolute Gasteiger partial charge is 0.377 e. The molecule has 1 aliphatic rings. The summed E-state index contributed by atoms with van der Waals surface area (Å²) in [5.74, 6) is -0.178. The van der Waals surface area contributed by atoms with Gasteiger partial charge in [-0.2, -0.15) is 0 Å². The summed E-state index contributed by atoms with van der Waals surface area (Å²) >= 11 is 0. The Morgan fingerprint density at radius 3 is 2.37 bits per heavy atom. The van der Waals surface area contributed by atoms with E-state index >= 15 is 0 Å². The van der Waals surface area contributed by atoms with E-state index in [4.69, 9.17) is 9.47 Å². The van der Waals surface area contributed by atoms with Crippen molar-refractivity contribution >= 4 is 26.5 Å². The number of nitrogens with one attached hydrogen (secondary N) is 1. The number of hydrogen-bond acceptors (Lipinski definition) is 5. The molecule has 0 spiro atoms. The molecule has 0 bridgehead atoms. The van der Waals surface area contributed by atoms with E-state index in [0.29, 0.717) is 18.8 Å². The summed E-state index contributed by atoms with van der Waals surface area (Å²) in [6, 6.07) is 18.0. The quantitative estimate of drug-likeness (QED) is 0.680. The third kappa shape index (κ3) is 3.96. The average molecular weight is 426 g/mol.